The molecule has 3 rings (SSSR count). The van der Waals surface area contributed by atoms with Crippen LogP contribution in [0, 0.1) is 0 Å². The molecule has 1 amide bonds. The van der Waals surface area contributed by atoms with Gasteiger partial charge in [0.2, 0.25) is 0 Å². The molecule has 0 radical (unpaired) electrons. The number of nitrogens with zero attached hydrogens (tertiary/aromatic N) is 2. The van der Waals surface area contributed by atoms with Gasteiger partial charge in [-0.25, -0.2) is 4.98 Å². The summed E-state index contributed by atoms with van der Waals surface area (Å²) in [5, 5.41) is 9.66. The highest BCUT2D eigenvalue weighted by Gasteiger charge is 2.26. The number of aromatic nitrogens is 1. The third kappa shape index (κ3) is 6.74. The minimum absolute atomic E-state index is 0.0696. The molecule has 178 valence electrons. The number of likely N-dealkylation sites (tertiary alicyclic amines) is 1. The predicted octanol–water partition coefficient (Wildman–Crippen LogP) is 4.31. The van der Waals surface area contributed by atoms with Crippen LogP contribution in [0.5, 0.6) is 0 Å². The number of piperidine rings is 1. The van der Waals surface area contributed by atoms with Crippen LogP contribution in [-0.4, -0.2) is 53.6 Å². The zero-order chi connectivity index (χ0) is 24.0. The van der Waals surface area contributed by atoms with Crippen molar-refractivity contribution in [1.82, 2.24) is 15.2 Å². The van der Waals surface area contributed by atoms with Gasteiger partial charge in [-0.05, 0) is 42.1 Å². The lowest BCUT2D eigenvalue weighted by Crippen LogP contribution is -2.44. The Morgan fingerprint density at radius 2 is 1.94 bits per heavy atom. The van der Waals surface area contributed by atoms with Crippen LogP contribution < -0.4 is 10.6 Å². The van der Waals surface area contributed by atoms with E-state index in [4.69, 9.17) is 12.2 Å². The summed E-state index contributed by atoms with van der Waals surface area (Å²) < 4.78 is 4.64. The number of para-hydroxylation sites is 1. The van der Waals surface area contributed by atoms with Gasteiger partial charge in [0.05, 0.1) is 18.5 Å². The molecule has 33 heavy (non-hydrogen) atoms. The van der Waals surface area contributed by atoms with Crippen molar-refractivity contribution in [1.29, 1.82) is 0 Å². The van der Waals surface area contributed by atoms with Gasteiger partial charge in [0.1, 0.15) is 5.69 Å². The van der Waals surface area contributed by atoms with Gasteiger partial charge >= 0.3 is 5.97 Å². The summed E-state index contributed by atoms with van der Waals surface area (Å²) in [6.45, 7) is 8.49. The van der Waals surface area contributed by atoms with E-state index in [0.29, 0.717) is 23.3 Å². The second kappa shape index (κ2) is 11.1. The summed E-state index contributed by atoms with van der Waals surface area (Å²) in [6.07, 6.45) is 2.12. The molecule has 1 aromatic heterocycles. The number of esters is 1. The lowest BCUT2D eigenvalue weighted by Gasteiger charge is -2.33. The minimum Gasteiger partial charge on any atom is -0.469 e. The molecule has 1 aromatic carbocycles. The highest BCUT2D eigenvalue weighted by molar-refractivity contribution is 7.80. The third-order valence-electron chi connectivity index (χ3n) is 5.70. The Balaban J connectivity index is 1.54. The maximum atomic E-state index is 12.9. The van der Waals surface area contributed by atoms with Crippen molar-refractivity contribution in [2.24, 2.45) is 0 Å². The smallest absolute Gasteiger partial charge is 0.307 e. The third-order valence-corrected chi connectivity index (χ3v) is 7.11. The Morgan fingerprint density at radius 3 is 2.61 bits per heavy atom. The van der Waals surface area contributed by atoms with E-state index in [9.17, 15) is 9.59 Å². The molecule has 0 unspecified atom stereocenters. The van der Waals surface area contributed by atoms with Gasteiger partial charge in [-0.3, -0.25) is 9.59 Å². The van der Waals surface area contributed by atoms with Crippen LogP contribution in [-0.2, 0) is 14.9 Å². The number of benzene rings is 1. The topological polar surface area (TPSA) is 83.6 Å². The molecule has 1 aliphatic rings. The van der Waals surface area contributed by atoms with E-state index in [-0.39, 0.29) is 23.7 Å². The van der Waals surface area contributed by atoms with E-state index in [1.54, 1.807) is 11.3 Å². The number of rotatable bonds is 6. The van der Waals surface area contributed by atoms with Crippen LogP contribution in [0.3, 0.4) is 0 Å². The summed E-state index contributed by atoms with van der Waals surface area (Å²) in [4.78, 5) is 30.9. The van der Waals surface area contributed by atoms with Crippen LogP contribution in [0.15, 0.2) is 29.6 Å². The summed E-state index contributed by atoms with van der Waals surface area (Å²) >= 11 is 6.99. The fourth-order valence-electron chi connectivity index (χ4n) is 3.83. The van der Waals surface area contributed by atoms with Crippen molar-refractivity contribution < 1.29 is 14.3 Å². The van der Waals surface area contributed by atoms with E-state index in [2.05, 4.69) is 46.0 Å². The lowest BCUT2D eigenvalue weighted by molar-refractivity contribution is -0.140. The molecule has 1 aliphatic heterocycles. The average molecular weight is 489 g/mol. The zero-order valence-corrected chi connectivity index (χ0v) is 21.3. The number of anilines is 1. The summed E-state index contributed by atoms with van der Waals surface area (Å²) in [7, 11) is 1.38. The van der Waals surface area contributed by atoms with Crippen molar-refractivity contribution in [3.05, 3.63) is 45.9 Å². The van der Waals surface area contributed by atoms with Crippen molar-refractivity contribution in [2.75, 3.05) is 32.1 Å². The normalized spacial score (nSPS) is 14.6. The monoisotopic (exact) mass is 488 g/mol. The quantitative estimate of drug-likeness (QED) is 0.463. The molecule has 0 atom stereocenters. The van der Waals surface area contributed by atoms with Crippen LogP contribution in [0.1, 0.15) is 67.0 Å². The van der Waals surface area contributed by atoms with E-state index < -0.39 is 0 Å². The standard InChI is InChI=1S/C24H32N4O3S2/c1-24(2,3)17-7-5-6-8-18(17)26-21(30)19-15-33-22(27-19)16-10-13-28(14-11-16)23(32)25-12-9-20(29)31-4/h5-8,15-16H,9-14H2,1-4H3,(H,25,32)(H,26,30). The van der Waals surface area contributed by atoms with Crippen molar-refractivity contribution in [2.45, 2.75) is 51.4 Å². The molecule has 2 aromatic rings. The number of nitrogens with one attached hydrogen (secondary N) is 2. The first-order valence-electron chi connectivity index (χ1n) is 11.1. The number of amides is 1. The molecule has 1 fully saturated rings. The van der Waals surface area contributed by atoms with E-state index >= 15 is 0 Å². The van der Waals surface area contributed by atoms with Gasteiger partial charge < -0.3 is 20.3 Å². The second-order valence-electron chi connectivity index (χ2n) is 9.14. The Bertz CT molecular complexity index is 992. The van der Waals surface area contributed by atoms with E-state index in [1.807, 2.05) is 29.6 Å². The van der Waals surface area contributed by atoms with Gasteiger partial charge in [-0.2, -0.15) is 0 Å². The fourth-order valence-corrected chi connectivity index (χ4v) is 5.08. The molecule has 0 aliphatic carbocycles. The number of thiazole rings is 1. The Kier molecular flexibility index (Phi) is 8.42. The van der Waals surface area contributed by atoms with E-state index in [0.717, 1.165) is 42.2 Å². The van der Waals surface area contributed by atoms with Gasteiger partial charge in [-0.15, -0.1) is 11.3 Å². The number of hydrogen-bond acceptors (Lipinski definition) is 6. The number of carbonyl (C=O) groups excluding carboxylic acids is 2. The maximum absolute atomic E-state index is 12.9. The largest absolute Gasteiger partial charge is 0.469 e. The Hall–Kier alpha value is -2.52. The fraction of sp³-hybridized carbons (Fsp3) is 0.500. The van der Waals surface area contributed by atoms with Crippen LogP contribution in [0.4, 0.5) is 5.69 Å². The molecule has 2 N–H and O–H groups in total. The van der Waals surface area contributed by atoms with E-state index in [1.165, 1.54) is 7.11 Å². The Labute approximate surface area is 204 Å². The average Bonchev–Trinajstić information content (AvgIpc) is 3.29. The highest BCUT2D eigenvalue weighted by Crippen LogP contribution is 2.32. The first-order chi connectivity index (χ1) is 15.7. The van der Waals surface area contributed by atoms with Crippen molar-refractivity contribution in [3.8, 4) is 0 Å². The number of thiocarbonyl (C=S) groups is 1. The van der Waals surface area contributed by atoms with Crippen LogP contribution in [0.25, 0.3) is 0 Å². The molecule has 7 nitrogen and oxygen atoms in total. The highest BCUT2D eigenvalue weighted by atomic mass is 32.1. The molecule has 9 heteroatoms. The summed E-state index contributed by atoms with van der Waals surface area (Å²) in [5.41, 5.74) is 2.31. The van der Waals surface area contributed by atoms with Gasteiger partial charge in [0.25, 0.3) is 5.91 Å². The minimum atomic E-state index is -0.255. The number of hydrogen-bond donors (Lipinski definition) is 2. The van der Waals surface area contributed by atoms with Crippen molar-refractivity contribution >= 4 is 46.2 Å². The predicted molar refractivity (Wildman–Crippen MR) is 136 cm³/mol. The first kappa shape index (κ1) is 25.1. The molecule has 0 saturated carbocycles. The summed E-state index contributed by atoms with van der Waals surface area (Å²) in [6, 6.07) is 7.90. The molecule has 2 heterocycles. The zero-order valence-electron chi connectivity index (χ0n) is 19.6. The SMILES string of the molecule is COC(=O)CCNC(=S)N1CCC(c2nc(C(=O)Nc3ccccc3C(C)(C)C)cs2)CC1. The lowest BCUT2D eigenvalue weighted by atomic mass is 9.86. The second-order valence-corrected chi connectivity index (χ2v) is 10.4. The van der Waals surface area contributed by atoms with Gasteiger partial charge in [0, 0.05) is 36.6 Å². The molecule has 0 spiro atoms. The summed E-state index contributed by atoms with van der Waals surface area (Å²) in [5.74, 6) is -0.121. The Morgan fingerprint density at radius 1 is 1.24 bits per heavy atom. The van der Waals surface area contributed by atoms with Crippen LogP contribution in [0.2, 0.25) is 0 Å². The van der Waals surface area contributed by atoms with Gasteiger partial charge in [-0.1, -0.05) is 39.0 Å². The number of ether oxygens (including phenoxy) is 1. The molecule has 0 bridgehead atoms. The molecular formula is C24H32N4O3S2. The molecule has 1 saturated heterocycles. The molecular weight excluding hydrogens is 456 g/mol. The van der Waals surface area contributed by atoms with Gasteiger partial charge in [0.15, 0.2) is 5.11 Å². The number of methoxy groups -OCH3 is 1. The number of carbonyl (C=O) groups is 2. The van der Waals surface area contributed by atoms with Crippen LogP contribution >= 0.6 is 23.6 Å². The first-order valence-corrected chi connectivity index (χ1v) is 12.4. The maximum Gasteiger partial charge on any atom is 0.307 e. The van der Waals surface area contributed by atoms with Crippen molar-refractivity contribution in [3.63, 3.8) is 0 Å².